The third kappa shape index (κ3) is 4.80. The smallest absolute Gasteiger partial charge is 0.240 e. The molecule has 0 bridgehead atoms. The monoisotopic (exact) mass is 349 g/mol. The highest BCUT2D eigenvalue weighted by molar-refractivity contribution is 7.89. The second kappa shape index (κ2) is 7.34. The molecular weight excluding hydrogens is 326 g/mol. The molecule has 6 heteroatoms. The van der Waals surface area contributed by atoms with E-state index in [4.69, 9.17) is 4.74 Å². The average molecular weight is 349 g/mol. The second-order valence-electron chi connectivity index (χ2n) is 5.98. The normalized spacial score (nSPS) is 12.2. The van der Waals surface area contributed by atoms with Crippen molar-refractivity contribution in [2.75, 3.05) is 6.61 Å². The van der Waals surface area contributed by atoms with Crippen molar-refractivity contribution >= 4 is 10.0 Å². The van der Waals surface area contributed by atoms with Gasteiger partial charge in [-0.15, -0.1) is 0 Å². The molecule has 2 aromatic carbocycles. The minimum atomic E-state index is -3.58. The first kappa shape index (κ1) is 18.4. The van der Waals surface area contributed by atoms with Gasteiger partial charge < -0.3 is 9.84 Å². The molecule has 0 atom stereocenters. The summed E-state index contributed by atoms with van der Waals surface area (Å²) in [5.74, 6) is 0.638. The van der Waals surface area contributed by atoms with Crippen LogP contribution >= 0.6 is 0 Å². The Morgan fingerprint density at radius 2 is 1.62 bits per heavy atom. The molecule has 0 saturated heterocycles. The Balaban J connectivity index is 2.04. The Kier molecular flexibility index (Phi) is 5.64. The fraction of sp³-hybridized carbons (Fsp3) is 0.333. The number of aliphatic hydroxyl groups is 1. The summed E-state index contributed by atoms with van der Waals surface area (Å²) < 4.78 is 32.5. The summed E-state index contributed by atoms with van der Waals surface area (Å²) in [6.07, 6.45) is 0. The predicted octanol–water partition coefficient (Wildman–Crippen LogP) is 2.79. The summed E-state index contributed by atoms with van der Waals surface area (Å²) in [7, 11) is -3.58. The van der Waals surface area contributed by atoms with Crippen LogP contribution in [-0.4, -0.2) is 20.1 Å². The minimum Gasteiger partial charge on any atom is -0.494 e. The summed E-state index contributed by atoms with van der Waals surface area (Å²) in [6.45, 7) is 6.00. The van der Waals surface area contributed by atoms with E-state index in [1.807, 2.05) is 6.92 Å². The first-order valence-electron chi connectivity index (χ1n) is 7.76. The van der Waals surface area contributed by atoms with Gasteiger partial charge in [-0.25, -0.2) is 13.1 Å². The van der Waals surface area contributed by atoms with Crippen LogP contribution in [0.3, 0.4) is 0 Å². The summed E-state index contributed by atoms with van der Waals surface area (Å²) >= 11 is 0. The van der Waals surface area contributed by atoms with Gasteiger partial charge in [0.2, 0.25) is 10.0 Å². The zero-order chi connectivity index (χ0) is 17.8. The van der Waals surface area contributed by atoms with Crippen LogP contribution in [0.15, 0.2) is 53.4 Å². The van der Waals surface area contributed by atoms with Gasteiger partial charge in [0.25, 0.3) is 0 Å². The Morgan fingerprint density at radius 1 is 1.04 bits per heavy atom. The molecule has 0 aromatic heterocycles. The van der Waals surface area contributed by atoms with Gasteiger partial charge >= 0.3 is 0 Å². The summed E-state index contributed by atoms with van der Waals surface area (Å²) in [4.78, 5) is 0.194. The fourth-order valence-corrected chi connectivity index (χ4v) is 3.19. The molecule has 0 unspecified atom stereocenters. The van der Waals surface area contributed by atoms with E-state index in [0.29, 0.717) is 12.4 Å². The summed E-state index contributed by atoms with van der Waals surface area (Å²) in [5, 5.41) is 9.93. The van der Waals surface area contributed by atoms with E-state index in [1.54, 1.807) is 50.2 Å². The first-order chi connectivity index (χ1) is 11.2. The van der Waals surface area contributed by atoms with Crippen molar-refractivity contribution < 1.29 is 18.3 Å². The van der Waals surface area contributed by atoms with Gasteiger partial charge in [-0.2, -0.15) is 0 Å². The quantitative estimate of drug-likeness (QED) is 0.806. The summed E-state index contributed by atoms with van der Waals surface area (Å²) in [6, 6.07) is 13.5. The number of hydrogen-bond acceptors (Lipinski definition) is 4. The van der Waals surface area contributed by atoms with Gasteiger partial charge in [0.15, 0.2) is 0 Å². The molecule has 0 aliphatic rings. The molecule has 0 fully saturated rings. The molecule has 0 amide bonds. The van der Waals surface area contributed by atoms with E-state index in [1.165, 1.54) is 12.1 Å². The van der Waals surface area contributed by atoms with E-state index in [-0.39, 0.29) is 11.4 Å². The van der Waals surface area contributed by atoms with Crippen molar-refractivity contribution in [1.29, 1.82) is 0 Å². The van der Waals surface area contributed by atoms with E-state index in [9.17, 15) is 13.5 Å². The number of sulfonamides is 1. The molecule has 0 heterocycles. The molecule has 2 rings (SSSR count). The molecule has 24 heavy (non-hydrogen) atoms. The molecule has 2 aromatic rings. The van der Waals surface area contributed by atoms with Gasteiger partial charge in [0.1, 0.15) is 5.75 Å². The van der Waals surface area contributed by atoms with Crippen molar-refractivity contribution in [3.63, 3.8) is 0 Å². The lowest BCUT2D eigenvalue weighted by Crippen LogP contribution is -2.23. The van der Waals surface area contributed by atoms with Gasteiger partial charge in [-0.1, -0.05) is 24.3 Å². The lowest BCUT2D eigenvalue weighted by molar-refractivity contribution is 0.0786. The highest BCUT2D eigenvalue weighted by Crippen LogP contribution is 2.20. The number of ether oxygens (including phenoxy) is 1. The van der Waals surface area contributed by atoms with Gasteiger partial charge in [-0.3, -0.25) is 0 Å². The van der Waals surface area contributed by atoms with E-state index in [2.05, 4.69) is 4.72 Å². The number of rotatable bonds is 7. The molecule has 130 valence electrons. The standard InChI is InChI=1S/C18H23NO4S/c1-4-23-16-9-11-17(12-10-16)24(21,22)19-13-14-5-7-15(8-6-14)18(2,3)20/h5-12,19-20H,4,13H2,1-3H3. The highest BCUT2D eigenvalue weighted by atomic mass is 32.2. The molecule has 2 N–H and O–H groups in total. The second-order valence-corrected chi connectivity index (χ2v) is 7.75. The zero-order valence-corrected chi connectivity index (χ0v) is 14.9. The number of hydrogen-bond donors (Lipinski definition) is 2. The van der Waals surface area contributed by atoms with Crippen molar-refractivity contribution in [3.05, 3.63) is 59.7 Å². The van der Waals surface area contributed by atoms with Crippen LogP contribution < -0.4 is 9.46 Å². The number of nitrogens with one attached hydrogen (secondary N) is 1. The van der Waals surface area contributed by atoms with E-state index in [0.717, 1.165) is 11.1 Å². The third-order valence-corrected chi connectivity index (χ3v) is 4.99. The van der Waals surface area contributed by atoms with E-state index >= 15 is 0 Å². The third-order valence-electron chi connectivity index (χ3n) is 3.57. The van der Waals surface area contributed by atoms with Gasteiger partial charge in [-0.05, 0) is 56.2 Å². The Morgan fingerprint density at radius 3 is 2.12 bits per heavy atom. The van der Waals surface area contributed by atoms with Crippen LogP contribution in [0, 0.1) is 0 Å². The SMILES string of the molecule is CCOc1ccc(S(=O)(=O)NCc2ccc(C(C)(C)O)cc2)cc1. The average Bonchev–Trinajstić information content (AvgIpc) is 2.53. The van der Waals surface area contributed by atoms with Crippen LogP contribution in [0.25, 0.3) is 0 Å². The topological polar surface area (TPSA) is 75.6 Å². The van der Waals surface area contributed by atoms with Crippen LogP contribution in [0.1, 0.15) is 31.9 Å². The van der Waals surface area contributed by atoms with Crippen molar-refractivity contribution in [2.24, 2.45) is 0 Å². The Hall–Kier alpha value is -1.89. The zero-order valence-electron chi connectivity index (χ0n) is 14.1. The van der Waals surface area contributed by atoms with Crippen LogP contribution in [0.2, 0.25) is 0 Å². The maximum absolute atomic E-state index is 12.3. The van der Waals surface area contributed by atoms with Crippen molar-refractivity contribution in [2.45, 2.75) is 37.8 Å². The highest BCUT2D eigenvalue weighted by Gasteiger charge is 2.16. The predicted molar refractivity (Wildman–Crippen MR) is 93.3 cm³/mol. The molecule has 0 saturated carbocycles. The Labute approximate surface area is 143 Å². The van der Waals surface area contributed by atoms with Crippen molar-refractivity contribution in [1.82, 2.24) is 4.72 Å². The largest absolute Gasteiger partial charge is 0.494 e. The van der Waals surface area contributed by atoms with Gasteiger partial charge in [0.05, 0.1) is 17.1 Å². The Bertz CT molecular complexity index is 760. The fourth-order valence-electron chi connectivity index (χ4n) is 2.17. The lowest BCUT2D eigenvalue weighted by Gasteiger charge is -2.18. The summed E-state index contributed by atoms with van der Waals surface area (Å²) in [5.41, 5.74) is 0.679. The van der Waals surface area contributed by atoms with Crippen LogP contribution in [-0.2, 0) is 22.2 Å². The number of benzene rings is 2. The van der Waals surface area contributed by atoms with E-state index < -0.39 is 15.6 Å². The minimum absolute atomic E-state index is 0.182. The molecule has 0 aliphatic carbocycles. The molecule has 0 radical (unpaired) electrons. The maximum atomic E-state index is 12.3. The lowest BCUT2D eigenvalue weighted by atomic mass is 9.97. The van der Waals surface area contributed by atoms with Crippen molar-refractivity contribution in [3.8, 4) is 5.75 Å². The molecular formula is C18H23NO4S. The van der Waals surface area contributed by atoms with Gasteiger partial charge in [0, 0.05) is 6.54 Å². The molecule has 0 spiro atoms. The van der Waals surface area contributed by atoms with Crippen LogP contribution in [0.5, 0.6) is 5.75 Å². The molecule has 0 aliphatic heterocycles. The maximum Gasteiger partial charge on any atom is 0.240 e. The first-order valence-corrected chi connectivity index (χ1v) is 9.25. The van der Waals surface area contributed by atoms with Crippen LogP contribution in [0.4, 0.5) is 0 Å². The molecule has 5 nitrogen and oxygen atoms in total.